The summed E-state index contributed by atoms with van der Waals surface area (Å²) in [5, 5.41) is 1.05. The highest BCUT2D eigenvalue weighted by atomic mass is 32.2. The van der Waals surface area contributed by atoms with Crippen molar-refractivity contribution in [2.45, 2.75) is 24.3 Å². The van der Waals surface area contributed by atoms with Gasteiger partial charge in [0.2, 0.25) is 0 Å². The molecule has 0 bridgehead atoms. The number of esters is 1. The summed E-state index contributed by atoms with van der Waals surface area (Å²) in [5.41, 5.74) is 5.77. The first-order valence-corrected chi connectivity index (χ1v) is 14.2. The van der Waals surface area contributed by atoms with Gasteiger partial charge < -0.3 is 9.30 Å². The maximum absolute atomic E-state index is 13.3. The van der Waals surface area contributed by atoms with E-state index in [0.717, 1.165) is 33.3 Å². The van der Waals surface area contributed by atoms with Crippen LogP contribution in [0.2, 0.25) is 0 Å². The second kappa shape index (κ2) is 10.7. The van der Waals surface area contributed by atoms with E-state index in [0.29, 0.717) is 12.0 Å². The van der Waals surface area contributed by atoms with Gasteiger partial charge in [0.25, 0.3) is 0 Å². The van der Waals surface area contributed by atoms with Crippen molar-refractivity contribution in [3.8, 4) is 0 Å². The van der Waals surface area contributed by atoms with E-state index in [-0.39, 0.29) is 16.7 Å². The molecule has 1 aromatic heterocycles. The molecule has 0 saturated heterocycles. The second-order valence-corrected chi connectivity index (χ2v) is 11.4. The molecule has 4 aromatic carbocycles. The van der Waals surface area contributed by atoms with Crippen LogP contribution in [0.25, 0.3) is 10.9 Å². The molecular formula is C32H29NO4S. The molecule has 0 atom stereocenters. The third-order valence-electron chi connectivity index (χ3n) is 7.03. The van der Waals surface area contributed by atoms with Crippen molar-refractivity contribution in [3.05, 3.63) is 137 Å². The molecule has 5 rings (SSSR count). The molecule has 0 fully saturated rings. The lowest BCUT2D eigenvalue weighted by Gasteiger charge is -2.23. The quantitative estimate of drug-likeness (QED) is 0.221. The van der Waals surface area contributed by atoms with E-state index in [9.17, 15) is 13.2 Å². The lowest BCUT2D eigenvalue weighted by Crippen LogP contribution is -2.14. The molecule has 192 valence electrons. The highest BCUT2D eigenvalue weighted by molar-refractivity contribution is 7.91. The molecule has 5 nitrogen and oxygen atoms in total. The van der Waals surface area contributed by atoms with Gasteiger partial charge in [-0.05, 0) is 60.4 Å². The molecular weight excluding hydrogens is 494 g/mol. The minimum atomic E-state index is -3.57. The summed E-state index contributed by atoms with van der Waals surface area (Å²) < 4.78 is 33.6. The SMILES string of the molecule is COC(=O)c1ccc(S(=O)(=O)CCc2c(C)n(C(c3ccccc3)c3ccccc3)c3ccccc23)cc1. The molecule has 6 heteroatoms. The number of nitrogens with zero attached hydrogens (tertiary/aromatic N) is 1. The van der Waals surface area contributed by atoms with Crippen LogP contribution in [0.4, 0.5) is 0 Å². The van der Waals surface area contributed by atoms with E-state index in [1.54, 1.807) is 0 Å². The number of para-hydroxylation sites is 1. The Bertz CT molecular complexity index is 1630. The second-order valence-electron chi connectivity index (χ2n) is 9.26. The van der Waals surface area contributed by atoms with Crippen LogP contribution >= 0.6 is 0 Å². The minimum absolute atomic E-state index is 0.0409. The van der Waals surface area contributed by atoms with Gasteiger partial charge in [-0.1, -0.05) is 78.9 Å². The number of rotatable bonds is 8. The molecule has 0 unspecified atom stereocenters. The predicted molar refractivity (Wildman–Crippen MR) is 150 cm³/mol. The number of carbonyl (C=O) groups excluding carboxylic acids is 1. The van der Waals surface area contributed by atoms with Gasteiger partial charge in [-0.25, -0.2) is 13.2 Å². The molecule has 0 aliphatic heterocycles. The average Bonchev–Trinajstić information content (AvgIpc) is 3.24. The van der Waals surface area contributed by atoms with Crippen LogP contribution in [-0.2, 0) is 21.0 Å². The van der Waals surface area contributed by atoms with Crippen LogP contribution in [0.5, 0.6) is 0 Å². The summed E-state index contributed by atoms with van der Waals surface area (Å²) in [6.07, 6.45) is 0.372. The van der Waals surface area contributed by atoms with Crippen molar-refractivity contribution in [2.75, 3.05) is 12.9 Å². The zero-order chi connectivity index (χ0) is 26.7. The molecule has 5 aromatic rings. The standard InChI is InChI=1S/C32H29NO4S/c1-23-28(21-22-38(35,36)27-19-17-26(18-20-27)32(34)37-2)29-15-9-10-16-30(29)33(23)31(24-11-5-3-6-12-24)25-13-7-4-8-14-25/h3-20,31H,21-22H2,1-2H3. The van der Waals surface area contributed by atoms with Gasteiger partial charge in [0.05, 0.1) is 29.4 Å². The summed E-state index contributed by atoms with van der Waals surface area (Å²) in [4.78, 5) is 11.9. The molecule has 0 aliphatic rings. The number of carbonyl (C=O) groups is 1. The third kappa shape index (κ3) is 4.87. The van der Waals surface area contributed by atoms with Crippen molar-refractivity contribution in [1.29, 1.82) is 0 Å². The van der Waals surface area contributed by atoms with Crippen molar-refractivity contribution >= 4 is 26.7 Å². The number of ether oxygens (including phenoxy) is 1. The topological polar surface area (TPSA) is 65.4 Å². The monoisotopic (exact) mass is 523 g/mol. The number of benzene rings is 4. The van der Waals surface area contributed by atoms with E-state index in [2.05, 4.69) is 47.9 Å². The maximum atomic E-state index is 13.3. The predicted octanol–water partition coefficient (Wildman–Crippen LogP) is 6.39. The van der Waals surface area contributed by atoms with Gasteiger partial charge in [0.1, 0.15) is 0 Å². The molecule has 38 heavy (non-hydrogen) atoms. The normalized spacial score (nSPS) is 11.7. The van der Waals surface area contributed by atoms with Gasteiger partial charge in [-0.3, -0.25) is 0 Å². The molecule has 0 N–H and O–H groups in total. The first kappa shape index (κ1) is 25.5. The van der Waals surface area contributed by atoms with Crippen LogP contribution in [0.1, 0.15) is 38.8 Å². The highest BCUT2D eigenvalue weighted by Crippen LogP contribution is 2.36. The molecule has 0 aliphatic carbocycles. The molecule has 0 radical (unpaired) electrons. The van der Waals surface area contributed by atoms with Gasteiger partial charge in [-0.15, -0.1) is 0 Å². The Hall–Kier alpha value is -4.16. The Morgan fingerprint density at radius 1 is 0.789 bits per heavy atom. The third-order valence-corrected chi connectivity index (χ3v) is 8.76. The van der Waals surface area contributed by atoms with E-state index in [4.69, 9.17) is 4.74 Å². The lowest BCUT2D eigenvalue weighted by molar-refractivity contribution is 0.0600. The zero-order valence-electron chi connectivity index (χ0n) is 21.4. The molecule has 1 heterocycles. The molecule has 0 saturated carbocycles. The van der Waals surface area contributed by atoms with Gasteiger partial charge >= 0.3 is 5.97 Å². The summed E-state index contributed by atoms with van der Waals surface area (Å²) >= 11 is 0. The van der Waals surface area contributed by atoms with Crippen molar-refractivity contribution < 1.29 is 17.9 Å². The summed E-state index contributed by atoms with van der Waals surface area (Å²) in [5.74, 6) is -0.537. The fourth-order valence-electron chi connectivity index (χ4n) is 5.14. The van der Waals surface area contributed by atoms with Crippen molar-refractivity contribution in [2.24, 2.45) is 0 Å². The van der Waals surface area contributed by atoms with Gasteiger partial charge in [0.15, 0.2) is 9.84 Å². The number of hydrogen-bond donors (Lipinski definition) is 0. The number of hydrogen-bond acceptors (Lipinski definition) is 4. The molecule has 0 amide bonds. The number of aryl methyl sites for hydroxylation is 1. The van der Waals surface area contributed by atoms with Crippen molar-refractivity contribution in [3.63, 3.8) is 0 Å². The maximum Gasteiger partial charge on any atom is 0.337 e. The van der Waals surface area contributed by atoms with E-state index < -0.39 is 15.8 Å². The number of fused-ring (bicyclic) bond motifs is 1. The van der Waals surface area contributed by atoms with Crippen LogP contribution in [0.3, 0.4) is 0 Å². The molecule has 0 spiro atoms. The first-order chi connectivity index (χ1) is 18.4. The van der Waals surface area contributed by atoms with E-state index in [1.165, 1.54) is 31.4 Å². The van der Waals surface area contributed by atoms with E-state index >= 15 is 0 Å². The van der Waals surface area contributed by atoms with Crippen molar-refractivity contribution in [1.82, 2.24) is 4.57 Å². The van der Waals surface area contributed by atoms with E-state index in [1.807, 2.05) is 48.5 Å². The fraction of sp³-hybridized carbons (Fsp3) is 0.156. The fourth-order valence-corrected chi connectivity index (χ4v) is 6.40. The Morgan fingerprint density at radius 3 is 1.92 bits per heavy atom. The number of sulfone groups is 1. The Labute approximate surface area is 223 Å². The first-order valence-electron chi connectivity index (χ1n) is 12.5. The Balaban J connectivity index is 1.55. The average molecular weight is 524 g/mol. The smallest absolute Gasteiger partial charge is 0.337 e. The van der Waals surface area contributed by atoms with Crippen LogP contribution in [-0.4, -0.2) is 31.8 Å². The summed E-state index contributed by atoms with van der Waals surface area (Å²) in [7, 11) is -2.27. The van der Waals surface area contributed by atoms with Crippen LogP contribution in [0, 0.1) is 6.92 Å². The van der Waals surface area contributed by atoms with Crippen LogP contribution < -0.4 is 0 Å². The van der Waals surface area contributed by atoms with Gasteiger partial charge in [-0.2, -0.15) is 0 Å². The number of methoxy groups -OCH3 is 1. The minimum Gasteiger partial charge on any atom is -0.465 e. The summed E-state index contributed by atoms with van der Waals surface area (Å²) in [6.45, 7) is 2.08. The largest absolute Gasteiger partial charge is 0.465 e. The van der Waals surface area contributed by atoms with Gasteiger partial charge in [0, 0.05) is 16.6 Å². The lowest BCUT2D eigenvalue weighted by atomic mass is 9.98. The van der Waals surface area contributed by atoms with Crippen LogP contribution in [0.15, 0.2) is 114 Å². The Morgan fingerprint density at radius 2 is 1.34 bits per heavy atom. The number of aromatic nitrogens is 1. The zero-order valence-corrected chi connectivity index (χ0v) is 22.2. The highest BCUT2D eigenvalue weighted by Gasteiger charge is 2.24. The Kier molecular flexibility index (Phi) is 7.16. The summed E-state index contributed by atoms with van der Waals surface area (Å²) in [6, 6.07) is 34.8.